The fourth-order valence-corrected chi connectivity index (χ4v) is 2.03. The SMILES string of the molecule is Cc1cccc(COC(=O)c2cc(Cl)ccc2[N+](=O)[O-])c1. The summed E-state index contributed by atoms with van der Waals surface area (Å²) in [5.41, 5.74) is 1.37. The van der Waals surface area contributed by atoms with Gasteiger partial charge in [0.15, 0.2) is 0 Å². The number of rotatable bonds is 4. The van der Waals surface area contributed by atoms with Crippen LogP contribution in [0.1, 0.15) is 21.5 Å². The van der Waals surface area contributed by atoms with E-state index in [2.05, 4.69) is 0 Å². The van der Waals surface area contributed by atoms with Crippen molar-refractivity contribution in [2.45, 2.75) is 13.5 Å². The number of esters is 1. The summed E-state index contributed by atoms with van der Waals surface area (Å²) in [5, 5.41) is 11.2. The van der Waals surface area contributed by atoms with E-state index >= 15 is 0 Å². The number of hydrogen-bond donors (Lipinski definition) is 0. The average molecular weight is 306 g/mol. The maximum absolute atomic E-state index is 12.0. The van der Waals surface area contributed by atoms with Gasteiger partial charge in [-0.2, -0.15) is 0 Å². The lowest BCUT2D eigenvalue weighted by molar-refractivity contribution is -0.385. The van der Waals surface area contributed by atoms with Crippen molar-refractivity contribution in [1.29, 1.82) is 0 Å². The molecule has 0 aromatic heterocycles. The highest BCUT2D eigenvalue weighted by Crippen LogP contribution is 2.23. The van der Waals surface area contributed by atoms with Crippen LogP contribution in [0.25, 0.3) is 0 Å². The lowest BCUT2D eigenvalue weighted by atomic mass is 10.1. The Hall–Kier alpha value is -2.40. The second-order valence-corrected chi connectivity index (χ2v) is 4.92. The predicted octanol–water partition coefficient (Wildman–Crippen LogP) is 3.91. The molecule has 0 saturated carbocycles. The molecule has 0 aliphatic rings. The van der Waals surface area contributed by atoms with E-state index in [1.54, 1.807) is 0 Å². The molecule has 0 radical (unpaired) electrons. The molecule has 0 fully saturated rings. The third-order valence-corrected chi connectivity index (χ3v) is 3.06. The zero-order chi connectivity index (χ0) is 15.4. The van der Waals surface area contributed by atoms with Gasteiger partial charge in [-0.15, -0.1) is 0 Å². The first kappa shape index (κ1) is 15.0. The van der Waals surface area contributed by atoms with Crippen LogP contribution in [0.2, 0.25) is 5.02 Å². The molecule has 6 heteroatoms. The topological polar surface area (TPSA) is 69.4 Å². The van der Waals surface area contributed by atoms with Crippen LogP contribution >= 0.6 is 11.6 Å². The summed E-state index contributed by atoms with van der Waals surface area (Å²) in [7, 11) is 0. The molecule has 2 aromatic carbocycles. The highest BCUT2D eigenvalue weighted by atomic mass is 35.5. The molecule has 0 heterocycles. The van der Waals surface area contributed by atoms with Gasteiger partial charge in [0, 0.05) is 11.1 Å². The lowest BCUT2D eigenvalue weighted by Crippen LogP contribution is -2.08. The number of hydrogen-bond acceptors (Lipinski definition) is 4. The number of halogens is 1. The summed E-state index contributed by atoms with van der Waals surface area (Å²) in [6, 6.07) is 11.2. The second kappa shape index (κ2) is 6.37. The normalized spacial score (nSPS) is 10.2. The Bertz CT molecular complexity index is 700. The van der Waals surface area contributed by atoms with Crippen molar-refractivity contribution in [1.82, 2.24) is 0 Å². The molecule has 5 nitrogen and oxygen atoms in total. The molecule has 0 aliphatic heterocycles. The minimum absolute atomic E-state index is 0.0458. The van der Waals surface area contributed by atoms with Gasteiger partial charge in [-0.1, -0.05) is 41.4 Å². The molecule has 0 bridgehead atoms. The smallest absolute Gasteiger partial charge is 0.345 e. The molecule has 108 valence electrons. The largest absolute Gasteiger partial charge is 0.457 e. The van der Waals surface area contributed by atoms with Gasteiger partial charge >= 0.3 is 5.97 Å². The Labute approximate surface area is 126 Å². The fourth-order valence-electron chi connectivity index (χ4n) is 1.86. The minimum Gasteiger partial charge on any atom is -0.457 e. The van der Waals surface area contributed by atoms with E-state index in [0.717, 1.165) is 11.1 Å². The Balaban J connectivity index is 2.17. The average Bonchev–Trinajstić information content (AvgIpc) is 2.44. The van der Waals surface area contributed by atoms with Gasteiger partial charge < -0.3 is 4.74 Å². The van der Waals surface area contributed by atoms with E-state index in [0.29, 0.717) is 0 Å². The molecule has 21 heavy (non-hydrogen) atoms. The van der Waals surface area contributed by atoms with Crippen molar-refractivity contribution in [2.24, 2.45) is 0 Å². The van der Waals surface area contributed by atoms with Gasteiger partial charge in [0.1, 0.15) is 12.2 Å². The Kier molecular flexibility index (Phi) is 4.55. The van der Waals surface area contributed by atoms with E-state index in [4.69, 9.17) is 16.3 Å². The van der Waals surface area contributed by atoms with Crippen LogP contribution in [0, 0.1) is 17.0 Å². The highest BCUT2D eigenvalue weighted by molar-refractivity contribution is 6.31. The van der Waals surface area contributed by atoms with Crippen LogP contribution in [0.3, 0.4) is 0 Å². The summed E-state index contributed by atoms with van der Waals surface area (Å²) in [4.78, 5) is 22.3. The first-order valence-electron chi connectivity index (χ1n) is 6.14. The Morgan fingerprint density at radius 1 is 1.29 bits per heavy atom. The molecule has 2 aromatic rings. The lowest BCUT2D eigenvalue weighted by Gasteiger charge is -2.06. The van der Waals surface area contributed by atoms with Crippen LogP contribution in [-0.4, -0.2) is 10.9 Å². The van der Waals surface area contributed by atoms with Crippen molar-refractivity contribution in [3.8, 4) is 0 Å². The first-order chi connectivity index (χ1) is 9.97. The fraction of sp³-hybridized carbons (Fsp3) is 0.133. The zero-order valence-electron chi connectivity index (χ0n) is 11.2. The van der Waals surface area contributed by atoms with Gasteiger partial charge in [0.05, 0.1) is 4.92 Å². The highest BCUT2D eigenvalue weighted by Gasteiger charge is 2.21. The summed E-state index contributed by atoms with van der Waals surface area (Å²) in [6.45, 7) is 1.97. The van der Waals surface area contributed by atoms with Crippen molar-refractivity contribution in [3.63, 3.8) is 0 Å². The maximum Gasteiger partial charge on any atom is 0.345 e. The summed E-state index contributed by atoms with van der Waals surface area (Å²) in [6.07, 6.45) is 0. The summed E-state index contributed by atoms with van der Waals surface area (Å²) < 4.78 is 5.11. The van der Waals surface area contributed by atoms with Crippen LogP contribution in [0.4, 0.5) is 5.69 Å². The molecule has 0 N–H and O–H groups in total. The van der Waals surface area contributed by atoms with Gasteiger partial charge in [-0.25, -0.2) is 4.79 Å². The minimum atomic E-state index is -0.772. The number of aryl methyl sites for hydroxylation is 1. The van der Waals surface area contributed by atoms with Crippen LogP contribution in [0.5, 0.6) is 0 Å². The number of nitrogens with zero attached hydrogens (tertiary/aromatic N) is 1. The van der Waals surface area contributed by atoms with E-state index < -0.39 is 10.9 Å². The molecule has 2 rings (SSSR count). The molecule has 0 unspecified atom stereocenters. The van der Waals surface area contributed by atoms with Gasteiger partial charge in [0.25, 0.3) is 5.69 Å². The van der Waals surface area contributed by atoms with E-state index in [9.17, 15) is 14.9 Å². The molecule has 0 amide bonds. The molecule has 0 atom stereocenters. The molecule has 0 spiro atoms. The van der Waals surface area contributed by atoms with Gasteiger partial charge in [-0.05, 0) is 24.6 Å². The maximum atomic E-state index is 12.0. The third-order valence-electron chi connectivity index (χ3n) is 2.83. The van der Waals surface area contributed by atoms with Gasteiger partial charge in [0.2, 0.25) is 0 Å². The zero-order valence-corrected chi connectivity index (χ0v) is 12.0. The standard InChI is InChI=1S/C15H12ClNO4/c1-10-3-2-4-11(7-10)9-21-15(18)13-8-12(16)5-6-14(13)17(19)20/h2-8H,9H2,1H3. The Morgan fingerprint density at radius 2 is 2.05 bits per heavy atom. The first-order valence-corrected chi connectivity index (χ1v) is 6.52. The van der Waals surface area contributed by atoms with E-state index in [-0.39, 0.29) is 22.9 Å². The van der Waals surface area contributed by atoms with E-state index in [1.807, 2.05) is 31.2 Å². The molecular weight excluding hydrogens is 294 g/mol. The van der Waals surface area contributed by atoms with Gasteiger partial charge in [-0.3, -0.25) is 10.1 Å². The molecule has 0 saturated heterocycles. The van der Waals surface area contributed by atoms with E-state index in [1.165, 1.54) is 18.2 Å². The van der Waals surface area contributed by atoms with Crippen molar-refractivity contribution in [2.75, 3.05) is 0 Å². The Morgan fingerprint density at radius 3 is 2.71 bits per heavy atom. The van der Waals surface area contributed by atoms with Crippen molar-refractivity contribution in [3.05, 3.63) is 74.3 Å². The summed E-state index contributed by atoms with van der Waals surface area (Å²) in [5.74, 6) is -0.772. The number of carbonyl (C=O) groups is 1. The quantitative estimate of drug-likeness (QED) is 0.488. The number of nitro benzene ring substituents is 1. The summed E-state index contributed by atoms with van der Waals surface area (Å²) >= 11 is 5.77. The number of nitro groups is 1. The van der Waals surface area contributed by atoms with Crippen LogP contribution in [-0.2, 0) is 11.3 Å². The third kappa shape index (κ3) is 3.79. The molecular formula is C15H12ClNO4. The predicted molar refractivity (Wildman–Crippen MR) is 78.4 cm³/mol. The number of carbonyl (C=O) groups excluding carboxylic acids is 1. The molecule has 0 aliphatic carbocycles. The number of benzene rings is 2. The van der Waals surface area contributed by atoms with Crippen LogP contribution < -0.4 is 0 Å². The van der Waals surface area contributed by atoms with Crippen molar-refractivity contribution < 1.29 is 14.5 Å². The van der Waals surface area contributed by atoms with Crippen molar-refractivity contribution >= 4 is 23.3 Å². The monoisotopic (exact) mass is 305 g/mol. The van der Waals surface area contributed by atoms with Crippen LogP contribution in [0.15, 0.2) is 42.5 Å². The second-order valence-electron chi connectivity index (χ2n) is 4.48. The number of ether oxygens (including phenoxy) is 1.